The van der Waals surface area contributed by atoms with Gasteiger partial charge in [-0.15, -0.1) is 0 Å². The molecule has 0 bridgehead atoms. The van der Waals surface area contributed by atoms with Crippen LogP contribution in [0, 0.1) is 6.92 Å². The molecule has 0 saturated heterocycles. The second-order valence-corrected chi connectivity index (χ2v) is 8.79. The Morgan fingerprint density at radius 1 is 1.50 bits per heavy atom. The highest BCUT2D eigenvalue weighted by Crippen LogP contribution is 2.03. The number of hydrogen-bond acceptors (Lipinski definition) is 1. The SMILES string of the molecule is [CH2]C([SiH3])O[Si](C)(C)C. The van der Waals surface area contributed by atoms with Crippen molar-refractivity contribution in [2.45, 2.75) is 25.4 Å². The zero-order valence-corrected chi connectivity index (χ0v) is 9.19. The van der Waals surface area contributed by atoms with Crippen LogP contribution in [0.5, 0.6) is 0 Å². The molecule has 0 aromatic heterocycles. The highest BCUT2D eigenvalue weighted by Gasteiger charge is 2.14. The van der Waals surface area contributed by atoms with E-state index in [1.807, 2.05) is 0 Å². The maximum atomic E-state index is 5.53. The van der Waals surface area contributed by atoms with Crippen LogP contribution in [-0.4, -0.2) is 24.3 Å². The summed E-state index contributed by atoms with van der Waals surface area (Å²) in [5.74, 6) is 0. The van der Waals surface area contributed by atoms with Gasteiger partial charge in [-0.25, -0.2) is 0 Å². The first kappa shape index (κ1) is 8.39. The quantitative estimate of drug-likeness (QED) is 0.513. The molecule has 0 aromatic carbocycles. The lowest BCUT2D eigenvalue weighted by atomic mass is 10.9. The van der Waals surface area contributed by atoms with Crippen molar-refractivity contribution < 1.29 is 4.43 Å². The summed E-state index contributed by atoms with van der Waals surface area (Å²) < 4.78 is 5.53. The minimum absolute atomic E-state index is 0.293. The molecule has 0 aromatic rings. The van der Waals surface area contributed by atoms with Crippen molar-refractivity contribution in [2.75, 3.05) is 0 Å². The monoisotopic (exact) mass is 147 g/mol. The van der Waals surface area contributed by atoms with Crippen molar-refractivity contribution in [1.82, 2.24) is 0 Å². The normalized spacial score (nSPS) is 16.5. The summed E-state index contributed by atoms with van der Waals surface area (Å²) in [4.78, 5) is 0. The van der Waals surface area contributed by atoms with Gasteiger partial charge in [0.2, 0.25) is 0 Å². The van der Waals surface area contributed by atoms with Gasteiger partial charge in [-0.2, -0.15) is 0 Å². The Hall–Kier alpha value is 0.394. The molecule has 3 heteroatoms. The molecule has 1 unspecified atom stereocenters. The molecule has 1 nitrogen and oxygen atoms in total. The van der Waals surface area contributed by atoms with Crippen LogP contribution >= 0.6 is 0 Å². The topological polar surface area (TPSA) is 9.23 Å². The van der Waals surface area contributed by atoms with Crippen LogP contribution in [0.25, 0.3) is 0 Å². The molecule has 0 fully saturated rings. The van der Waals surface area contributed by atoms with E-state index in [-0.39, 0.29) is 0 Å². The molecular formula is C5H15OSi2. The van der Waals surface area contributed by atoms with Gasteiger partial charge < -0.3 is 4.43 Å². The third-order valence-corrected chi connectivity index (χ3v) is 2.37. The lowest BCUT2D eigenvalue weighted by Crippen LogP contribution is -2.30. The predicted octanol–water partition coefficient (Wildman–Crippen LogP) is 0.363. The molecule has 0 aliphatic carbocycles. The van der Waals surface area contributed by atoms with Crippen molar-refractivity contribution in [3.63, 3.8) is 0 Å². The molecule has 1 atom stereocenters. The van der Waals surface area contributed by atoms with Crippen LogP contribution in [0.1, 0.15) is 0 Å². The first-order valence-electron chi connectivity index (χ1n) is 2.93. The molecule has 1 radical (unpaired) electrons. The minimum Gasteiger partial charge on any atom is -0.419 e. The van der Waals surface area contributed by atoms with E-state index in [1.54, 1.807) is 0 Å². The van der Waals surface area contributed by atoms with Gasteiger partial charge in [0.05, 0.1) is 0 Å². The van der Waals surface area contributed by atoms with Crippen molar-refractivity contribution in [3.8, 4) is 0 Å². The standard InChI is InChI=1S/C5H15OSi2/c1-5(7)6-8(2,3)4/h5H,1H2,2-4,7H3. The van der Waals surface area contributed by atoms with Gasteiger partial charge in [0.25, 0.3) is 0 Å². The minimum atomic E-state index is -1.25. The molecule has 0 heterocycles. The molecule has 0 aliphatic heterocycles. The summed E-state index contributed by atoms with van der Waals surface area (Å²) in [5, 5.41) is 0. The Morgan fingerprint density at radius 3 is 1.88 bits per heavy atom. The zero-order valence-electron chi connectivity index (χ0n) is 6.19. The maximum Gasteiger partial charge on any atom is 0.183 e. The molecule has 0 aliphatic rings. The van der Waals surface area contributed by atoms with Gasteiger partial charge >= 0.3 is 0 Å². The Kier molecular flexibility index (Phi) is 2.94. The second-order valence-electron chi connectivity index (χ2n) is 3.04. The maximum absolute atomic E-state index is 5.53. The summed E-state index contributed by atoms with van der Waals surface area (Å²) in [6.07, 6.45) is 0. The lowest BCUT2D eigenvalue weighted by Gasteiger charge is -2.19. The van der Waals surface area contributed by atoms with Gasteiger partial charge in [-0.3, -0.25) is 0 Å². The molecule has 0 N–H and O–H groups in total. The number of rotatable bonds is 2. The van der Waals surface area contributed by atoms with E-state index in [9.17, 15) is 0 Å². The van der Waals surface area contributed by atoms with E-state index < -0.39 is 8.32 Å². The van der Waals surface area contributed by atoms with Gasteiger partial charge in [-0.05, 0) is 26.6 Å². The highest BCUT2D eigenvalue weighted by molar-refractivity contribution is 6.70. The molecule has 8 heavy (non-hydrogen) atoms. The summed E-state index contributed by atoms with van der Waals surface area (Å²) in [5.41, 5.74) is 0.293. The third kappa shape index (κ3) is 6.39. The zero-order chi connectivity index (χ0) is 6.78. The van der Waals surface area contributed by atoms with Crippen molar-refractivity contribution >= 4 is 18.6 Å². The van der Waals surface area contributed by atoms with E-state index in [0.29, 0.717) is 5.73 Å². The van der Waals surface area contributed by atoms with Crippen LogP contribution in [-0.2, 0) is 4.43 Å². The van der Waals surface area contributed by atoms with E-state index >= 15 is 0 Å². The van der Waals surface area contributed by atoms with Crippen LogP contribution in [0.15, 0.2) is 0 Å². The Labute approximate surface area is 56.0 Å². The fourth-order valence-electron chi connectivity index (χ4n) is 0.604. The molecular weight excluding hydrogens is 132 g/mol. The van der Waals surface area contributed by atoms with Crippen LogP contribution < -0.4 is 0 Å². The summed E-state index contributed by atoms with van der Waals surface area (Å²) >= 11 is 0. The summed E-state index contributed by atoms with van der Waals surface area (Å²) in [6.45, 7) is 10.3. The Morgan fingerprint density at radius 2 is 1.88 bits per heavy atom. The summed E-state index contributed by atoms with van der Waals surface area (Å²) in [7, 11) is -0.197. The number of hydrogen-bond donors (Lipinski definition) is 0. The molecule has 0 spiro atoms. The fourth-order valence-corrected chi connectivity index (χ4v) is 3.93. The lowest BCUT2D eigenvalue weighted by molar-refractivity contribution is 0.317. The Bertz CT molecular complexity index is 65.3. The second kappa shape index (κ2) is 2.80. The van der Waals surface area contributed by atoms with Crippen molar-refractivity contribution in [2.24, 2.45) is 0 Å². The first-order valence-corrected chi connectivity index (χ1v) is 7.49. The van der Waals surface area contributed by atoms with E-state index in [0.717, 1.165) is 10.2 Å². The fraction of sp³-hybridized carbons (Fsp3) is 0.800. The predicted molar refractivity (Wildman–Crippen MR) is 43.5 cm³/mol. The Balaban J connectivity index is 3.39. The summed E-state index contributed by atoms with van der Waals surface area (Å²) in [6, 6.07) is 0. The van der Waals surface area contributed by atoms with Crippen LogP contribution in [0.4, 0.5) is 0 Å². The van der Waals surface area contributed by atoms with Gasteiger partial charge in [0.1, 0.15) is 0 Å². The van der Waals surface area contributed by atoms with Gasteiger partial charge in [0, 0.05) is 16.0 Å². The highest BCUT2D eigenvalue weighted by atomic mass is 28.4. The molecule has 0 rings (SSSR count). The van der Waals surface area contributed by atoms with Crippen LogP contribution in [0.2, 0.25) is 19.6 Å². The first-order chi connectivity index (χ1) is 3.42. The van der Waals surface area contributed by atoms with Crippen molar-refractivity contribution in [1.29, 1.82) is 0 Å². The average molecular weight is 147 g/mol. The largest absolute Gasteiger partial charge is 0.419 e. The van der Waals surface area contributed by atoms with Crippen LogP contribution in [0.3, 0.4) is 0 Å². The van der Waals surface area contributed by atoms with Gasteiger partial charge in [0.15, 0.2) is 8.32 Å². The molecule has 0 saturated carbocycles. The smallest absolute Gasteiger partial charge is 0.183 e. The average Bonchev–Trinajstić information content (AvgIpc) is 1.21. The van der Waals surface area contributed by atoms with Gasteiger partial charge in [-0.1, -0.05) is 0 Å². The molecule has 49 valence electrons. The van der Waals surface area contributed by atoms with E-state index in [2.05, 4.69) is 26.6 Å². The van der Waals surface area contributed by atoms with E-state index in [4.69, 9.17) is 4.43 Å². The molecule has 0 amide bonds. The van der Waals surface area contributed by atoms with E-state index in [1.165, 1.54) is 0 Å². The van der Waals surface area contributed by atoms with Crippen molar-refractivity contribution in [3.05, 3.63) is 6.92 Å². The third-order valence-electron chi connectivity index (χ3n) is 0.555.